The molecule has 0 bridgehead atoms. The van der Waals surface area contributed by atoms with Crippen LogP contribution in [0.2, 0.25) is 0 Å². The molecule has 0 aliphatic heterocycles. The van der Waals surface area contributed by atoms with Crippen LogP contribution < -0.4 is 5.32 Å². The molecule has 112 valence electrons. The van der Waals surface area contributed by atoms with Crippen molar-refractivity contribution in [2.75, 3.05) is 18.4 Å². The first-order valence-electron chi connectivity index (χ1n) is 7.24. The van der Waals surface area contributed by atoms with Gasteiger partial charge in [0.25, 0.3) is 0 Å². The predicted molar refractivity (Wildman–Crippen MR) is 87.4 cm³/mol. The molecule has 0 atom stereocenters. The molecule has 0 aliphatic rings. The molecule has 0 amide bonds. The average molecular weight is 303 g/mol. The van der Waals surface area contributed by atoms with Gasteiger partial charge in [-0.05, 0) is 32.2 Å². The van der Waals surface area contributed by atoms with Gasteiger partial charge in [-0.1, -0.05) is 0 Å². The van der Waals surface area contributed by atoms with Crippen LogP contribution in [0.5, 0.6) is 0 Å². The number of rotatable bonds is 7. The van der Waals surface area contributed by atoms with E-state index in [1.165, 1.54) is 0 Å². The van der Waals surface area contributed by atoms with E-state index in [4.69, 9.17) is 5.26 Å². The maximum absolute atomic E-state index is 8.77. The van der Waals surface area contributed by atoms with Gasteiger partial charge in [-0.15, -0.1) is 11.3 Å². The molecule has 2 heterocycles. The molecule has 0 fully saturated rings. The van der Waals surface area contributed by atoms with E-state index in [2.05, 4.69) is 53.1 Å². The summed E-state index contributed by atoms with van der Waals surface area (Å²) < 4.78 is 0. The lowest BCUT2D eigenvalue weighted by atomic mass is 10.2. The van der Waals surface area contributed by atoms with Gasteiger partial charge in [0, 0.05) is 25.6 Å². The summed E-state index contributed by atoms with van der Waals surface area (Å²) in [5, 5.41) is 15.2. The van der Waals surface area contributed by atoms with E-state index in [0.29, 0.717) is 19.0 Å². The largest absolute Gasteiger partial charge is 0.370 e. The molecule has 6 heteroatoms. The second-order valence-corrected chi connectivity index (χ2v) is 6.03. The van der Waals surface area contributed by atoms with Gasteiger partial charge in [0.05, 0.1) is 18.0 Å². The Labute approximate surface area is 129 Å². The van der Waals surface area contributed by atoms with Crippen molar-refractivity contribution in [1.29, 1.82) is 5.26 Å². The van der Waals surface area contributed by atoms with Crippen LogP contribution in [0.3, 0.4) is 0 Å². The van der Waals surface area contributed by atoms with Crippen LogP contribution in [0, 0.1) is 11.3 Å². The van der Waals surface area contributed by atoms with Crippen molar-refractivity contribution in [3.63, 3.8) is 0 Å². The zero-order chi connectivity index (χ0) is 15.2. The summed E-state index contributed by atoms with van der Waals surface area (Å²) in [6.07, 6.45) is 0.527. The second-order valence-electron chi connectivity index (χ2n) is 5.13. The third-order valence-corrected chi connectivity index (χ3v) is 4.11. The van der Waals surface area contributed by atoms with Crippen molar-refractivity contribution in [3.05, 3.63) is 17.3 Å². The third kappa shape index (κ3) is 3.90. The van der Waals surface area contributed by atoms with Crippen LogP contribution in [0.4, 0.5) is 5.82 Å². The van der Waals surface area contributed by atoms with Crippen molar-refractivity contribution < 1.29 is 0 Å². The van der Waals surface area contributed by atoms with E-state index >= 15 is 0 Å². The average Bonchev–Trinajstić information content (AvgIpc) is 2.92. The van der Waals surface area contributed by atoms with Gasteiger partial charge in [0.1, 0.15) is 16.5 Å². The molecule has 0 unspecified atom stereocenters. The van der Waals surface area contributed by atoms with Crippen LogP contribution in [0.15, 0.2) is 11.4 Å². The molecule has 0 saturated carbocycles. The highest BCUT2D eigenvalue weighted by Crippen LogP contribution is 2.25. The van der Waals surface area contributed by atoms with Crippen LogP contribution in [0.25, 0.3) is 10.2 Å². The molecule has 0 aliphatic carbocycles. The van der Waals surface area contributed by atoms with E-state index in [9.17, 15) is 0 Å². The van der Waals surface area contributed by atoms with Crippen molar-refractivity contribution in [1.82, 2.24) is 14.9 Å². The molecule has 0 radical (unpaired) electrons. The first-order valence-corrected chi connectivity index (χ1v) is 8.12. The highest BCUT2D eigenvalue weighted by atomic mass is 32.1. The highest BCUT2D eigenvalue weighted by molar-refractivity contribution is 7.16. The minimum absolute atomic E-state index is 0.364. The van der Waals surface area contributed by atoms with E-state index < -0.39 is 0 Å². The molecule has 0 saturated heterocycles. The van der Waals surface area contributed by atoms with Gasteiger partial charge in [0.15, 0.2) is 0 Å². The summed E-state index contributed by atoms with van der Waals surface area (Å²) in [6.45, 7) is 8.58. The molecule has 1 N–H and O–H groups in total. The summed E-state index contributed by atoms with van der Waals surface area (Å²) in [5.41, 5.74) is 0. The van der Waals surface area contributed by atoms with E-state index in [0.717, 1.165) is 34.9 Å². The van der Waals surface area contributed by atoms with Crippen LogP contribution in [-0.4, -0.2) is 34.0 Å². The molecule has 5 nitrogen and oxygen atoms in total. The van der Waals surface area contributed by atoms with Crippen LogP contribution >= 0.6 is 11.3 Å². The van der Waals surface area contributed by atoms with Gasteiger partial charge in [0.2, 0.25) is 0 Å². The van der Waals surface area contributed by atoms with Gasteiger partial charge in [-0.3, -0.25) is 4.90 Å². The lowest BCUT2D eigenvalue weighted by Gasteiger charge is -2.24. The van der Waals surface area contributed by atoms with Crippen LogP contribution in [0.1, 0.15) is 33.0 Å². The fraction of sp³-hybridized carbons (Fsp3) is 0.533. The molecule has 2 aromatic heterocycles. The minimum atomic E-state index is 0.364. The lowest BCUT2D eigenvalue weighted by Crippen LogP contribution is -2.32. The number of nitrogens with zero attached hydrogens (tertiary/aromatic N) is 4. The quantitative estimate of drug-likeness (QED) is 0.850. The predicted octanol–water partition coefficient (Wildman–Crippen LogP) is 3.25. The number of hydrogen-bond donors (Lipinski definition) is 1. The zero-order valence-corrected chi connectivity index (χ0v) is 13.6. The number of aromatic nitrogens is 2. The van der Waals surface area contributed by atoms with E-state index in [-0.39, 0.29) is 0 Å². The standard InChI is InChI=1S/C15H21N5S/c1-4-17-14-12-6-9-21-15(12)19-13(18-14)10-20(11(2)3)8-5-7-16/h6,9,11H,4-5,8,10H2,1-3H3,(H,17,18,19). The summed E-state index contributed by atoms with van der Waals surface area (Å²) >= 11 is 1.63. The molecular formula is C15H21N5S. The summed E-state index contributed by atoms with van der Waals surface area (Å²) in [5.74, 6) is 1.72. The topological polar surface area (TPSA) is 64.8 Å². The SMILES string of the molecule is CCNc1nc(CN(CCC#N)C(C)C)nc2sccc12. The monoisotopic (exact) mass is 303 g/mol. The van der Waals surface area contributed by atoms with Crippen molar-refractivity contribution in [2.45, 2.75) is 39.8 Å². The van der Waals surface area contributed by atoms with Crippen molar-refractivity contribution in [2.24, 2.45) is 0 Å². The molecule has 2 aromatic rings. The molecule has 21 heavy (non-hydrogen) atoms. The Morgan fingerprint density at radius 1 is 1.43 bits per heavy atom. The molecule has 0 spiro atoms. The summed E-state index contributed by atoms with van der Waals surface area (Å²) in [7, 11) is 0. The Morgan fingerprint density at radius 2 is 2.24 bits per heavy atom. The molecule has 0 aromatic carbocycles. The Kier molecular flexibility index (Phi) is 5.48. The number of fused-ring (bicyclic) bond motifs is 1. The summed E-state index contributed by atoms with van der Waals surface area (Å²) in [6, 6.07) is 4.62. The normalized spacial score (nSPS) is 11.2. The first kappa shape index (κ1) is 15.7. The third-order valence-electron chi connectivity index (χ3n) is 3.30. The molecule has 2 rings (SSSR count). The van der Waals surface area contributed by atoms with Crippen molar-refractivity contribution in [3.8, 4) is 6.07 Å². The summed E-state index contributed by atoms with van der Waals surface area (Å²) in [4.78, 5) is 12.5. The fourth-order valence-corrected chi connectivity index (χ4v) is 2.95. The van der Waals surface area contributed by atoms with Gasteiger partial charge in [-0.2, -0.15) is 5.26 Å². The number of nitriles is 1. The van der Waals surface area contributed by atoms with E-state index in [1.807, 2.05) is 5.38 Å². The Morgan fingerprint density at radius 3 is 2.90 bits per heavy atom. The number of thiophene rings is 1. The van der Waals surface area contributed by atoms with Gasteiger partial charge < -0.3 is 5.32 Å². The zero-order valence-electron chi connectivity index (χ0n) is 12.8. The number of anilines is 1. The highest BCUT2D eigenvalue weighted by Gasteiger charge is 2.14. The van der Waals surface area contributed by atoms with Crippen LogP contribution in [-0.2, 0) is 6.54 Å². The Hall–Kier alpha value is -1.71. The van der Waals surface area contributed by atoms with Gasteiger partial charge >= 0.3 is 0 Å². The smallest absolute Gasteiger partial charge is 0.146 e. The number of nitrogens with one attached hydrogen (secondary N) is 1. The fourth-order valence-electron chi connectivity index (χ4n) is 2.17. The Balaban J connectivity index is 2.26. The lowest BCUT2D eigenvalue weighted by molar-refractivity contribution is 0.213. The Bertz CT molecular complexity index is 629. The second kappa shape index (κ2) is 7.34. The number of hydrogen-bond acceptors (Lipinski definition) is 6. The maximum Gasteiger partial charge on any atom is 0.146 e. The molecular weight excluding hydrogens is 282 g/mol. The maximum atomic E-state index is 8.77. The van der Waals surface area contributed by atoms with Crippen molar-refractivity contribution >= 4 is 27.4 Å². The van der Waals surface area contributed by atoms with E-state index in [1.54, 1.807) is 11.3 Å². The van der Waals surface area contributed by atoms with Gasteiger partial charge in [-0.25, -0.2) is 9.97 Å². The first-order chi connectivity index (χ1) is 10.2. The minimum Gasteiger partial charge on any atom is -0.370 e.